The molecular weight excluding hydrogens is 281 g/mol. The van der Waals surface area contributed by atoms with Crippen LogP contribution in [0.25, 0.3) is 0 Å². The number of hydrogen-bond donors (Lipinski definition) is 0. The Balaban J connectivity index is 0. The Morgan fingerprint density at radius 1 is 1.09 bits per heavy atom. The Kier molecular flexibility index (Phi) is 11.8. The van der Waals surface area contributed by atoms with E-state index in [1.165, 1.54) is 0 Å². The molecule has 0 aromatic heterocycles. The van der Waals surface area contributed by atoms with E-state index < -0.39 is 13.4 Å². The highest BCUT2D eigenvalue weighted by Gasteiger charge is 2.20. The molecule has 11 heavy (non-hydrogen) atoms. The van der Waals surface area contributed by atoms with Crippen LogP contribution in [-0.2, 0) is 0 Å². The van der Waals surface area contributed by atoms with Crippen LogP contribution in [0, 0.1) is 0 Å². The molecule has 0 saturated carbocycles. The van der Waals surface area contributed by atoms with Crippen LogP contribution in [0.15, 0.2) is 0 Å². The van der Waals surface area contributed by atoms with Crippen LogP contribution < -0.4 is 0 Å². The van der Waals surface area contributed by atoms with Gasteiger partial charge >= 0.3 is 6.00 Å². The molecule has 0 nitrogen and oxygen atoms in total. The molecule has 0 aliphatic rings. The molecule has 0 N–H and O–H groups in total. The molecule has 0 fully saturated rings. The fourth-order valence-corrected chi connectivity index (χ4v) is 0. The molecule has 0 aromatic rings. The largest absolute Gasteiger partial charge is 0.341 e. The van der Waals surface area contributed by atoms with Crippen LogP contribution in [0.3, 0.4) is 0 Å². The van der Waals surface area contributed by atoms with Crippen molar-refractivity contribution < 1.29 is 0 Å². The van der Waals surface area contributed by atoms with Gasteiger partial charge in [-0.1, -0.05) is 13.8 Å². The molecule has 0 bridgehead atoms. The van der Waals surface area contributed by atoms with Crippen molar-refractivity contribution in [1.82, 2.24) is 0 Å². The van der Waals surface area contributed by atoms with E-state index >= 15 is 0 Å². The topological polar surface area (TPSA) is 0 Å². The van der Waals surface area contributed by atoms with E-state index in [2.05, 4.69) is 0 Å². The molecule has 0 aliphatic heterocycles. The highest BCUT2D eigenvalue weighted by atomic mass is 35.8. The predicted octanol–water partition coefficient (Wildman–Crippen LogP) is 4.37. The van der Waals surface area contributed by atoms with Gasteiger partial charge in [0.2, 0.25) is 7.42 Å². The smallest absolute Gasteiger partial charge is 0.150 e. The van der Waals surface area contributed by atoms with E-state index in [0.717, 1.165) is 6.04 Å². The lowest BCUT2D eigenvalue weighted by molar-refractivity contribution is 1.46. The quantitative estimate of drug-likeness (QED) is 0.524. The van der Waals surface area contributed by atoms with E-state index in [1.807, 2.05) is 13.8 Å². The van der Waals surface area contributed by atoms with Crippen molar-refractivity contribution in [2.75, 3.05) is 0 Å². The van der Waals surface area contributed by atoms with Crippen LogP contribution in [0.2, 0.25) is 12.1 Å². The maximum atomic E-state index is 5.39. The van der Waals surface area contributed by atoms with Gasteiger partial charge in [0.25, 0.3) is 0 Å². The van der Waals surface area contributed by atoms with Crippen molar-refractivity contribution >= 4 is 68.8 Å². The molecule has 0 saturated heterocycles. The monoisotopic (exact) mass is 290 g/mol. The molecule has 0 radical (unpaired) electrons. The number of halogens is 5. The summed E-state index contributed by atoms with van der Waals surface area (Å²) >= 11 is 26.9. The Morgan fingerprint density at radius 3 is 1.27 bits per heavy atom. The molecule has 7 heteroatoms. The molecule has 0 atom stereocenters. The minimum atomic E-state index is -2.21. The Hall–Kier alpha value is 1.88. The van der Waals surface area contributed by atoms with Crippen molar-refractivity contribution in [3.8, 4) is 0 Å². The first-order valence-electron chi connectivity index (χ1n) is 3.18. The van der Waals surface area contributed by atoms with Gasteiger partial charge in [-0.05, 0) is 12.1 Å². The SMILES string of the molecule is CC[SiH](Cl)Cl.CC[Si](Cl)(Cl)Cl. The lowest BCUT2D eigenvalue weighted by Crippen LogP contribution is -2.04. The number of rotatable bonds is 2. The first-order chi connectivity index (χ1) is 4.83. The summed E-state index contributed by atoms with van der Waals surface area (Å²) in [5.74, 6) is 0. The van der Waals surface area contributed by atoms with Crippen LogP contribution >= 0.6 is 55.4 Å². The molecule has 0 rings (SSSR count). The van der Waals surface area contributed by atoms with Crippen LogP contribution in [0.4, 0.5) is 0 Å². The summed E-state index contributed by atoms with van der Waals surface area (Å²) in [6, 6.07) is -0.533. The average molecular weight is 293 g/mol. The molecule has 0 amide bonds. The summed E-state index contributed by atoms with van der Waals surface area (Å²) < 4.78 is 0. The van der Waals surface area contributed by atoms with Gasteiger partial charge in [-0.2, -0.15) is 22.2 Å². The lowest BCUT2D eigenvalue weighted by atomic mass is 11.0. The van der Waals surface area contributed by atoms with Gasteiger partial charge in [-0.25, -0.2) is 0 Å². The van der Waals surface area contributed by atoms with Crippen molar-refractivity contribution in [3.05, 3.63) is 0 Å². The minimum Gasteiger partial charge on any atom is -0.150 e. The van der Waals surface area contributed by atoms with Crippen molar-refractivity contribution in [1.29, 1.82) is 0 Å². The van der Waals surface area contributed by atoms with E-state index in [4.69, 9.17) is 55.4 Å². The Morgan fingerprint density at radius 2 is 1.27 bits per heavy atom. The summed E-state index contributed by atoms with van der Waals surface area (Å²) in [7, 11) is -1.21. The van der Waals surface area contributed by atoms with Crippen molar-refractivity contribution in [3.63, 3.8) is 0 Å². The lowest BCUT2D eigenvalue weighted by Gasteiger charge is -1.98. The fraction of sp³-hybridized carbons (Fsp3) is 1.00. The third-order valence-electron chi connectivity index (χ3n) is 0.709. The number of hydrogen-bond acceptors (Lipinski definition) is 0. The van der Waals surface area contributed by atoms with Gasteiger partial charge in [0.05, 0.1) is 0 Å². The van der Waals surface area contributed by atoms with Crippen LogP contribution in [-0.4, -0.2) is 13.4 Å². The third-order valence-corrected chi connectivity index (χ3v) is 6.39. The maximum Gasteiger partial charge on any atom is 0.341 e. The van der Waals surface area contributed by atoms with Crippen LogP contribution in [0.1, 0.15) is 13.8 Å². The zero-order valence-electron chi connectivity index (χ0n) is 6.38. The molecule has 0 heterocycles. The molecule has 70 valence electrons. The molecule has 0 aliphatic carbocycles. The van der Waals surface area contributed by atoms with Crippen molar-refractivity contribution in [2.45, 2.75) is 25.9 Å². The van der Waals surface area contributed by atoms with E-state index in [0.29, 0.717) is 6.04 Å². The zero-order chi connectivity index (χ0) is 9.49. The third kappa shape index (κ3) is 24.5. The van der Waals surface area contributed by atoms with E-state index in [-0.39, 0.29) is 0 Å². The average Bonchev–Trinajstić information content (AvgIpc) is 1.88. The van der Waals surface area contributed by atoms with Gasteiger partial charge in [0, 0.05) is 0 Å². The summed E-state index contributed by atoms with van der Waals surface area (Å²) in [4.78, 5) is 0. The Bertz CT molecular complexity index is 81.0. The highest BCUT2D eigenvalue weighted by molar-refractivity contribution is 7.64. The molecular formula is C4H11Cl5Si2. The fourth-order valence-electron chi connectivity index (χ4n) is 0. The van der Waals surface area contributed by atoms with Gasteiger partial charge in [0.1, 0.15) is 0 Å². The Labute approximate surface area is 94.2 Å². The summed E-state index contributed by atoms with van der Waals surface area (Å²) in [6.45, 7) is 3.87. The molecule has 0 aromatic carbocycles. The second-order valence-corrected chi connectivity index (χ2v) is 16.7. The second kappa shape index (κ2) is 8.48. The second-order valence-electron chi connectivity index (χ2n) is 1.77. The van der Waals surface area contributed by atoms with E-state index in [1.54, 1.807) is 0 Å². The van der Waals surface area contributed by atoms with Crippen molar-refractivity contribution in [2.24, 2.45) is 0 Å². The minimum absolute atomic E-state index is 0.706. The van der Waals surface area contributed by atoms with Crippen LogP contribution in [0.5, 0.6) is 0 Å². The zero-order valence-corrected chi connectivity index (χ0v) is 12.3. The summed E-state index contributed by atoms with van der Waals surface area (Å²) in [5.41, 5.74) is 0. The summed E-state index contributed by atoms with van der Waals surface area (Å²) in [6.07, 6.45) is 0. The van der Waals surface area contributed by atoms with Gasteiger partial charge < -0.3 is 0 Å². The maximum absolute atomic E-state index is 5.39. The molecule has 0 unspecified atom stereocenters. The van der Waals surface area contributed by atoms with Gasteiger partial charge in [-0.3, -0.25) is 0 Å². The standard InChI is InChI=1S/C2H5Cl3Si.C2H6Cl2Si/c1-2-6(3,4)5;1-2-5(3)4/h2H2,1H3;5H,2H2,1H3. The highest BCUT2D eigenvalue weighted by Crippen LogP contribution is 2.23. The normalized spacial score (nSPS) is 10.9. The first kappa shape index (κ1) is 15.4. The first-order valence-corrected chi connectivity index (χ1v) is 12.7. The predicted molar refractivity (Wildman–Crippen MR) is 63.1 cm³/mol. The molecule has 0 spiro atoms. The van der Waals surface area contributed by atoms with Gasteiger partial charge in [-0.15, -0.1) is 33.2 Å². The van der Waals surface area contributed by atoms with E-state index in [9.17, 15) is 0 Å². The summed E-state index contributed by atoms with van der Waals surface area (Å²) in [5, 5.41) is 0. The van der Waals surface area contributed by atoms with Gasteiger partial charge in [0.15, 0.2) is 0 Å².